The Balaban J connectivity index is 2.19. The van der Waals surface area contributed by atoms with E-state index in [-0.39, 0.29) is 0 Å². The lowest BCUT2D eigenvalue weighted by Crippen LogP contribution is -2.29. The fourth-order valence-corrected chi connectivity index (χ4v) is 1.83. The second-order valence-corrected chi connectivity index (χ2v) is 3.62. The maximum absolute atomic E-state index is 10.1. The highest BCUT2D eigenvalue weighted by molar-refractivity contribution is 5.54. The van der Waals surface area contributed by atoms with Gasteiger partial charge in [0.25, 0.3) is 0 Å². The number of pyridine rings is 1. The van der Waals surface area contributed by atoms with Crippen molar-refractivity contribution in [1.29, 1.82) is 0 Å². The molecule has 2 rings (SSSR count). The van der Waals surface area contributed by atoms with Crippen molar-refractivity contribution in [2.45, 2.75) is 19.3 Å². The van der Waals surface area contributed by atoms with Crippen molar-refractivity contribution >= 4 is 17.6 Å². The van der Waals surface area contributed by atoms with E-state index in [0.717, 1.165) is 18.9 Å². The SMILES string of the molecule is O=C=Nc1ccnc(N2CCCCC2)c1. The van der Waals surface area contributed by atoms with Crippen LogP contribution in [0.5, 0.6) is 0 Å². The number of carbonyl (C=O) groups excluding carboxylic acids is 1. The van der Waals surface area contributed by atoms with E-state index in [1.165, 1.54) is 19.3 Å². The first kappa shape index (κ1) is 9.87. The average molecular weight is 203 g/mol. The van der Waals surface area contributed by atoms with E-state index in [1.54, 1.807) is 18.3 Å². The van der Waals surface area contributed by atoms with E-state index in [4.69, 9.17) is 0 Å². The standard InChI is InChI=1S/C11H13N3O/c15-9-13-10-4-5-12-11(8-10)14-6-2-1-3-7-14/h4-5,8H,1-3,6-7H2. The van der Waals surface area contributed by atoms with Crippen LogP contribution in [0.15, 0.2) is 23.3 Å². The van der Waals surface area contributed by atoms with Crippen LogP contribution in [0.2, 0.25) is 0 Å². The van der Waals surface area contributed by atoms with Gasteiger partial charge in [0.15, 0.2) is 0 Å². The fraction of sp³-hybridized carbons (Fsp3) is 0.455. The number of isocyanates is 1. The van der Waals surface area contributed by atoms with Crippen LogP contribution in [0.1, 0.15) is 19.3 Å². The Morgan fingerprint density at radius 3 is 2.87 bits per heavy atom. The molecule has 15 heavy (non-hydrogen) atoms. The summed E-state index contributed by atoms with van der Waals surface area (Å²) < 4.78 is 0. The van der Waals surface area contributed by atoms with Crippen LogP contribution in [0, 0.1) is 0 Å². The molecule has 0 saturated carbocycles. The Bertz CT molecular complexity index is 379. The van der Waals surface area contributed by atoms with Gasteiger partial charge in [-0.1, -0.05) is 0 Å². The van der Waals surface area contributed by atoms with Crippen LogP contribution in [-0.4, -0.2) is 24.2 Å². The molecule has 0 atom stereocenters. The Morgan fingerprint density at radius 1 is 1.33 bits per heavy atom. The Kier molecular flexibility index (Phi) is 3.10. The van der Waals surface area contributed by atoms with E-state index in [0.29, 0.717) is 5.69 Å². The van der Waals surface area contributed by atoms with Crippen LogP contribution in [0.3, 0.4) is 0 Å². The first-order valence-corrected chi connectivity index (χ1v) is 5.19. The molecule has 0 amide bonds. The zero-order chi connectivity index (χ0) is 10.5. The second kappa shape index (κ2) is 4.71. The number of nitrogens with zero attached hydrogens (tertiary/aromatic N) is 3. The van der Waals surface area contributed by atoms with Gasteiger partial charge in [0.05, 0.1) is 5.69 Å². The van der Waals surface area contributed by atoms with Crippen LogP contribution >= 0.6 is 0 Å². The number of hydrogen-bond donors (Lipinski definition) is 0. The van der Waals surface area contributed by atoms with Crippen molar-refractivity contribution in [2.75, 3.05) is 18.0 Å². The maximum Gasteiger partial charge on any atom is 0.240 e. The Hall–Kier alpha value is -1.67. The van der Waals surface area contributed by atoms with Gasteiger partial charge in [-0.2, -0.15) is 4.99 Å². The molecule has 2 heterocycles. The molecule has 0 spiro atoms. The summed E-state index contributed by atoms with van der Waals surface area (Å²) in [6.45, 7) is 2.09. The molecule has 1 fully saturated rings. The molecule has 4 nitrogen and oxygen atoms in total. The molecule has 0 unspecified atom stereocenters. The van der Waals surface area contributed by atoms with E-state index < -0.39 is 0 Å². The smallest absolute Gasteiger partial charge is 0.240 e. The van der Waals surface area contributed by atoms with E-state index >= 15 is 0 Å². The molecule has 1 aliphatic heterocycles. The number of rotatable bonds is 2. The molecule has 0 aromatic carbocycles. The minimum atomic E-state index is 0.626. The molecule has 1 aromatic heterocycles. The first-order valence-electron chi connectivity index (χ1n) is 5.19. The van der Waals surface area contributed by atoms with Crippen molar-refractivity contribution in [3.8, 4) is 0 Å². The highest BCUT2D eigenvalue weighted by atomic mass is 16.1. The minimum Gasteiger partial charge on any atom is -0.357 e. The van der Waals surface area contributed by atoms with Gasteiger partial charge < -0.3 is 4.90 Å². The molecule has 1 aliphatic rings. The molecular weight excluding hydrogens is 190 g/mol. The summed E-state index contributed by atoms with van der Waals surface area (Å²) in [7, 11) is 0. The lowest BCUT2D eigenvalue weighted by molar-refractivity contribution is 0.565. The van der Waals surface area contributed by atoms with Gasteiger partial charge in [0.2, 0.25) is 6.08 Å². The zero-order valence-electron chi connectivity index (χ0n) is 8.52. The first-order chi connectivity index (χ1) is 7.40. The summed E-state index contributed by atoms with van der Waals surface area (Å²) in [6.07, 6.45) is 6.94. The molecule has 0 bridgehead atoms. The van der Waals surface area contributed by atoms with Crippen LogP contribution in [-0.2, 0) is 4.79 Å². The monoisotopic (exact) mass is 203 g/mol. The van der Waals surface area contributed by atoms with Gasteiger partial charge >= 0.3 is 0 Å². The van der Waals surface area contributed by atoms with Crippen LogP contribution in [0.25, 0.3) is 0 Å². The van der Waals surface area contributed by atoms with Gasteiger partial charge in [-0.05, 0) is 25.3 Å². The van der Waals surface area contributed by atoms with Crippen molar-refractivity contribution in [1.82, 2.24) is 4.98 Å². The number of piperidine rings is 1. The van der Waals surface area contributed by atoms with Crippen molar-refractivity contribution < 1.29 is 4.79 Å². The van der Waals surface area contributed by atoms with Gasteiger partial charge in [0, 0.05) is 25.4 Å². The second-order valence-electron chi connectivity index (χ2n) is 3.62. The summed E-state index contributed by atoms with van der Waals surface area (Å²) in [6, 6.07) is 3.54. The van der Waals surface area contributed by atoms with Crippen molar-refractivity contribution in [3.63, 3.8) is 0 Å². The van der Waals surface area contributed by atoms with Gasteiger partial charge in [0.1, 0.15) is 5.82 Å². The molecule has 0 aliphatic carbocycles. The summed E-state index contributed by atoms with van der Waals surface area (Å²) in [4.78, 5) is 20.2. The third kappa shape index (κ3) is 2.42. The normalized spacial score (nSPS) is 15.9. The van der Waals surface area contributed by atoms with E-state index in [9.17, 15) is 4.79 Å². The minimum absolute atomic E-state index is 0.626. The van der Waals surface area contributed by atoms with Gasteiger partial charge in [-0.3, -0.25) is 0 Å². The molecular formula is C11H13N3O. The fourth-order valence-electron chi connectivity index (χ4n) is 1.83. The lowest BCUT2D eigenvalue weighted by atomic mass is 10.1. The molecule has 4 heteroatoms. The molecule has 1 saturated heterocycles. The molecule has 0 radical (unpaired) electrons. The molecule has 1 aromatic rings. The predicted molar refractivity (Wildman–Crippen MR) is 58.1 cm³/mol. The highest BCUT2D eigenvalue weighted by Gasteiger charge is 2.11. The Morgan fingerprint density at radius 2 is 2.13 bits per heavy atom. The topological polar surface area (TPSA) is 45.6 Å². The van der Waals surface area contributed by atoms with Gasteiger partial charge in [-0.15, -0.1) is 0 Å². The van der Waals surface area contributed by atoms with Crippen molar-refractivity contribution in [2.24, 2.45) is 4.99 Å². The molecule has 0 N–H and O–H groups in total. The number of aromatic nitrogens is 1. The van der Waals surface area contributed by atoms with Crippen LogP contribution < -0.4 is 4.90 Å². The number of aliphatic imine (C=N–C) groups is 1. The lowest BCUT2D eigenvalue weighted by Gasteiger charge is -2.27. The quantitative estimate of drug-likeness (QED) is 0.545. The van der Waals surface area contributed by atoms with E-state index in [1.807, 2.05) is 6.07 Å². The van der Waals surface area contributed by atoms with E-state index in [2.05, 4.69) is 14.9 Å². The third-order valence-electron chi connectivity index (χ3n) is 2.58. The summed E-state index contributed by atoms with van der Waals surface area (Å²) in [5, 5.41) is 0. The number of anilines is 1. The van der Waals surface area contributed by atoms with Crippen molar-refractivity contribution in [3.05, 3.63) is 18.3 Å². The highest BCUT2D eigenvalue weighted by Crippen LogP contribution is 2.21. The number of hydrogen-bond acceptors (Lipinski definition) is 4. The Labute approximate surface area is 88.7 Å². The molecule has 78 valence electrons. The largest absolute Gasteiger partial charge is 0.357 e. The maximum atomic E-state index is 10.1. The average Bonchev–Trinajstić information content (AvgIpc) is 2.31. The van der Waals surface area contributed by atoms with Gasteiger partial charge in [-0.25, -0.2) is 9.78 Å². The predicted octanol–water partition coefficient (Wildman–Crippen LogP) is 2.04. The van der Waals surface area contributed by atoms with Crippen LogP contribution in [0.4, 0.5) is 11.5 Å². The summed E-state index contributed by atoms with van der Waals surface area (Å²) in [5.74, 6) is 0.909. The summed E-state index contributed by atoms with van der Waals surface area (Å²) in [5.41, 5.74) is 0.626. The third-order valence-corrected chi connectivity index (χ3v) is 2.58. The zero-order valence-corrected chi connectivity index (χ0v) is 8.52. The summed E-state index contributed by atoms with van der Waals surface area (Å²) >= 11 is 0.